The Hall–Kier alpha value is -1.88. The molecule has 0 spiro atoms. The fourth-order valence-corrected chi connectivity index (χ4v) is 1.78. The third-order valence-corrected chi connectivity index (χ3v) is 3.47. The monoisotopic (exact) mass is 365 g/mol. The van der Waals surface area contributed by atoms with Gasteiger partial charge < -0.3 is 14.7 Å². The minimum atomic E-state index is -0.922. The highest BCUT2D eigenvalue weighted by molar-refractivity contribution is 8.14. The van der Waals surface area contributed by atoms with Gasteiger partial charge in [-0.2, -0.15) is 0 Å². The van der Waals surface area contributed by atoms with E-state index < -0.39 is 23.8 Å². The lowest BCUT2D eigenvalue weighted by Gasteiger charge is -2.05. The number of hydrogen-bond acceptors (Lipinski definition) is 11. The summed E-state index contributed by atoms with van der Waals surface area (Å²) in [7, 11) is 0. The number of ether oxygens (including phenoxy) is 2. The van der Waals surface area contributed by atoms with Crippen molar-refractivity contribution in [3.05, 3.63) is 0 Å². The van der Waals surface area contributed by atoms with Gasteiger partial charge in [0.1, 0.15) is 0 Å². The van der Waals surface area contributed by atoms with Crippen LogP contribution in [0.5, 0.6) is 0 Å². The number of hydrogen-bond donors (Lipinski definition) is 1. The zero-order chi connectivity index (χ0) is 17.8. The molecule has 11 heteroatoms. The van der Waals surface area contributed by atoms with Crippen molar-refractivity contribution in [2.45, 2.75) is 26.7 Å². The summed E-state index contributed by atoms with van der Waals surface area (Å²) in [6.07, 6.45) is -0.651. The second kappa shape index (κ2) is 11.7. The molecule has 0 aliphatic rings. The molecule has 0 heterocycles. The maximum Gasteiger partial charge on any atom is 0.324 e. The first-order valence-electron chi connectivity index (χ1n) is 6.16. The molecule has 0 atom stereocenters. The summed E-state index contributed by atoms with van der Waals surface area (Å²) in [5, 5.41) is 10.8. The zero-order valence-electron chi connectivity index (χ0n) is 12.4. The Kier molecular flexibility index (Phi) is 10.7. The lowest BCUT2D eigenvalue weighted by atomic mass is 10.3. The molecule has 0 saturated carbocycles. The standard InChI is InChI=1S/C12H15NO8S2/c1-7(14)22-5-11(17)20-9(13-19)3-4-10(16)21-12(18)6-23-8(2)15/h19H,3-6H2,1-2H3/b13-9-. The number of esters is 3. The van der Waals surface area contributed by atoms with Crippen LogP contribution in [-0.4, -0.2) is 50.7 Å². The van der Waals surface area contributed by atoms with E-state index in [4.69, 9.17) is 5.21 Å². The van der Waals surface area contributed by atoms with Crippen molar-refractivity contribution in [1.29, 1.82) is 0 Å². The first-order valence-corrected chi connectivity index (χ1v) is 8.13. The molecule has 0 radical (unpaired) electrons. The molecule has 23 heavy (non-hydrogen) atoms. The Morgan fingerprint density at radius 3 is 1.74 bits per heavy atom. The SMILES string of the molecule is CC(=O)SCC(=O)OC(=O)CC/C(=N/O)OC(=O)CSC(C)=O. The molecule has 9 nitrogen and oxygen atoms in total. The van der Waals surface area contributed by atoms with Crippen molar-refractivity contribution >= 4 is 57.6 Å². The first kappa shape index (κ1) is 21.1. The van der Waals surface area contributed by atoms with Crippen LogP contribution >= 0.6 is 23.5 Å². The average Bonchev–Trinajstić information content (AvgIpc) is 2.47. The minimum Gasteiger partial charge on any atom is -0.408 e. The molecule has 0 amide bonds. The fourth-order valence-electron chi connectivity index (χ4n) is 1.02. The van der Waals surface area contributed by atoms with E-state index in [2.05, 4.69) is 14.6 Å². The smallest absolute Gasteiger partial charge is 0.324 e. The van der Waals surface area contributed by atoms with Crippen molar-refractivity contribution in [3.8, 4) is 0 Å². The third kappa shape index (κ3) is 12.4. The van der Waals surface area contributed by atoms with Gasteiger partial charge in [-0.05, 0) is 0 Å². The summed E-state index contributed by atoms with van der Waals surface area (Å²) in [4.78, 5) is 55.2. The van der Waals surface area contributed by atoms with E-state index in [0.717, 1.165) is 0 Å². The van der Waals surface area contributed by atoms with E-state index >= 15 is 0 Å². The highest BCUT2D eigenvalue weighted by Gasteiger charge is 2.16. The number of nitrogens with zero attached hydrogens (tertiary/aromatic N) is 1. The van der Waals surface area contributed by atoms with Crippen molar-refractivity contribution < 1.29 is 38.7 Å². The molecule has 0 rings (SSSR count). The summed E-state index contributed by atoms with van der Waals surface area (Å²) in [6.45, 7) is 2.54. The van der Waals surface area contributed by atoms with Crippen LogP contribution in [0.25, 0.3) is 0 Å². The largest absolute Gasteiger partial charge is 0.408 e. The molecule has 0 aromatic heterocycles. The van der Waals surface area contributed by atoms with Crippen LogP contribution in [0.4, 0.5) is 0 Å². The summed E-state index contributed by atoms with van der Waals surface area (Å²) in [6, 6.07) is 0. The predicted octanol–water partition coefficient (Wildman–Crippen LogP) is 0.727. The van der Waals surface area contributed by atoms with Gasteiger partial charge in [0.2, 0.25) is 5.90 Å². The maximum atomic E-state index is 11.4. The van der Waals surface area contributed by atoms with Crippen molar-refractivity contribution in [2.75, 3.05) is 11.5 Å². The van der Waals surface area contributed by atoms with Crippen molar-refractivity contribution in [1.82, 2.24) is 0 Å². The Bertz CT molecular complexity index is 517. The Balaban J connectivity index is 4.13. The van der Waals surface area contributed by atoms with Gasteiger partial charge in [0.05, 0.1) is 17.9 Å². The Morgan fingerprint density at radius 1 is 0.826 bits per heavy atom. The molecule has 0 aliphatic heterocycles. The summed E-state index contributed by atoms with van der Waals surface area (Å²) >= 11 is 1.41. The van der Waals surface area contributed by atoms with Crippen molar-refractivity contribution in [3.63, 3.8) is 0 Å². The molecule has 0 aromatic carbocycles. The van der Waals surface area contributed by atoms with Crippen LogP contribution in [-0.2, 0) is 33.4 Å². The average molecular weight is 365 g/mol. The highest BCUT2D eigenvalue weighted by atomic mass is 32.2. The zero-order valence-corrected chi connectivity index (χ0v) is 14.0. The van der Waals surface area contributed by atoms with E-state index in [1.54, 1.807) is 0 Å². The van der Waals surface area contributed by atoms with Crippen LogP contribution < -0.4 is 0 Å². The predicted molar refractivity (Wildman–Crippen MR) is 81.9 cm³/mol. The molecule has 0 unspecified atom stereocenters. The van der Waals surface area contributed by atoms with E-state index in [0.29, 0.717) is 23.5 Å². The van der Waals surface area contributed by atoms with Crippen molar-refractivity contribution in [2.24, 2.45) is 5.16 Å². The molecule has 0 aliphatic carbocycles. The topological polar surface area (TPSA) is 136 Å². The second-order valence-electron chi connectivity index (χ2n) is 3.87. The number of carbonyl (C=O) groups excluding carboxylic acids is 5. The van der Waals surface area contributed by atoms with E-state index in [9.17, 15) is 24.0 Å². The quantitative estimate of drug-likeness (QED) is 0.172. The van der Waals surface area contributed by atoms with Gasteiger partial charge in [-0.15, -0.1) is 0 Å². The summed E-state index contributed by atoms with van der Waals surface area (Å²) < 4.78 is 9.03. The lowest BCUT2D eigenvalue weighted by molar-refractivity contribution is -0.157. The number of oxime groups is 1. The van der Waals surface area contributed by atoms with Crippen LogP contribution in [0.2, 0.25) is 0 Å². The number of rotatable bonds is 7. The van der Waals surface area contributed by atoms with Crippen LogP contribution in [0.3, 0.4) is 0 Å². The molecule has 0 bridgehead atoms. The summed E-state index contributed by atoms with van der Waals surface area (Å²) in [5.41, 5.74) is 0. The molecule has 1 N–H and O–H groups in total. The van der Waals surface area contributed by atoms with Gasteiger partial charge in [0, 0.05) is 20.3 Å². The van der Waals surface area contributed by atoms with E-state index in [1.165, 1.54) is 13.8 Å². The van der Waals surface area contributed by atoms with Gasteiger partial charge in [0.15, 0.2) is 10.2 Å². The number of carbonyl (C=O) groups is 5. The van der Waals surface area contributed by atoms with E-state index in [1.807, 2.05) is 0 Å². The van der Waals surface area contributed by atoms with Crippen LogP contribution in [0.15, 0.2) is 5.16 Å². The molecule has 0 aromatic rings. The van der Waals surface area contributed by atoms with Crippen LogP contribution in [0.1, 0.15) is 26.7 Å². The fraction of sp³-hybridized carbons (Fsp3) is 0.500. The van der Waals surface area contributed by atoms with Crippen LogP contribution in [0, 0.1) is 0 Å². The second-order valence-corrected chi connectivity index (χ2v) is 6.18. The highest BCUT2D eigenvalue weighted by Crippen LogP contribution is 2.06. The minimum absolute atomic E-state index is 0.264. The number of thioether (sulfide) groups is 2. The molecule has 0 fully saturated rings. The Labute approximate surface area is 140 Å². The molecule has 0 saturated heterocycles. The molecular weight excluding hydrogens is 350 g/mol. The molecular formula is C12H15NO8S2. The molecule has 128 valence electrons. The normalized spacial score (nSPS) is 10.8. The first-order chi connectivity index (χ1) is 10.7. The lowest BCUT2D eigenvalue weighted by Crippen LogP contribution is -2.19. The van der Waals surface area contributed by atoms with Gasteiger partial charge in [-0.25, -0.2) is 0 Å². The summed E-state index contributed by atoms with van der Waals surface area (Å²) in [5.74, 6) is -3.62. The van der Waals surface area contributed by atoms with Gasteiger partial charge in [-0.1, -0.05) is 28.7 Å². The van der Waals surface area contributed by atoms with E-state index in [-0.39, 0.29) is 34.6 Å². The maximum absolute atomic E-state index is 11.4. The van der Waals surface area contributed by atoms with Gasteiger partial charge in [-0.3, -0.25) is 24.0 Å². The van der Waals surface area contributed by atoms with Gasteiger partial charge in [0.25, 0.3) is 0 Å². The van der Waals surface area contributed by atoms with Gasteiger partial charge >= 0.3 is 17.9 Å². The Morgan fingerprint density at radius 2 is 1.30 bits per heavy atom. The third-order valence-electron chi connectivity index (χ3n) is 1.90.